The number of rotatable bonds is 4. The zero-order chi connectivity index (χ0) is 13.0. The van der Waals surface area contributed by atoms with Crippen molar-refractivity contribution in [1.29, 1.82) is 0 Å². The molecule has 0 atom stereocenters. The molecule has 0 saturated carbocycles. The molecule has 17 heavy (non-hydrogen) atoms. The molecule has 0 aromatic heterocycles. The van der Waals surface area contributed by atoms with Gasteiger partial charge in [-0.3, -0.25) is 4.79 Å². The zero-order valence-corrected chi connectivity index (χ0v) is 10.8. The Hall–Kier alpha value is -1.55. The Labute approximate surface area is 102 Å². The third kappa shape index (κ3) is 2.97. The molecule has 0 aliphatic carbocycles. The van der Waals surface area contributed by atoms with E-state index >= 15 is 0 Å². The molecular weight excluding hydrogens is 218 g/mol. The van der Waals surface area contributed by atoms with Crippen LogP contribution in [0.25, 0.3) is 0 Å². The van der Waals surface area contributed by atoms with Gasteiger partial charge in [0.25, 0.3) is 0 Å². The van der Waals surface area contributed by atoms with Gasteiger partial charge in [-0.15, -0.1) is 0 Å². The number of ether oxygens (including phenoxy) is 1. The number of methoxy groups -OCH3 is 1. The predicted octanol–water partition coefficient (Wildman–Crippen LogP) is 1.23. The van der Waals surface area contributed by atoms with E-state index in [1.807, 2.05) is 20.8 Å². The molecule has 0 fully saturated rings. The summed E-state index contributed by atoms with van der Waals surface area (Å²) in [5.41, 5.74) is 4.27. The van der Waals surface area contributed by atoms with Crippen molar-refractivity contribution in [3.05, 3.63) is 28.3 Å². The summed E-state index contributed by atoms with van der Waals surface area (Å²) in [6.45, 7) is 5.88. The Morgan fingerprint density at radius 2 is 2.00 bits per heavy atom. The Morgan fingerprint density at radius 3 is 2.53 bits per heavy atom. The van der Waals surface area contributed by atoms with Crippen LogP contribution in [0.4, 0.5) is 0 Å². The Bertz CT molecular complexity index is 427. The second-order valence-corrected chi connectivity index (χ2v) is 4.08. The van der Waals surface area contributed by atoms with E-state index in [1.165, 1.54) is 0 Å². The first-order valence-electron chi connectivity index (χ1n) is 5.52. The fourth-order valence-corrected chi connectivity index (χ4v) is 1.84. The van der Waals surface area contributed by atoms with Crippen LogP contribution in [0.3, 0.4) is 0 Å². The number of aliphatic hydroxyl groups is 1. The lowest BCUT2D eigenvalue weighted by Crippen LogP contribution is -2.26. The van der Waals surface area contributed by atoms with Gasteiger partial charge >= 0.3 is 0 Å². The number of hydrogen-bond donors (Lipinski definition) is 2. The Morgan fingerprint density at radius 1 is 1.35 bits per heavy atom. The number of aliphatic hydroxyl groups excluding tert-OH is 1. The lowest BCUT2D eigenvalue weighted by molar-refractivity contribution is -0.123. The average Bonchev–Trinajstić information content (AvgIpc) is 2.31. The van der Waals surface area contributed by atoms with E-state index in [2.05, 4.69) is 11.4 Å². The minimum absolute atomic E-state index is 0.371. The molecule has 2 N–H and O–H groups in total. The monoisotopic (exact) mass is 237 g/mol. The van der Waals surface area contributed by atoms with E-state index in [0.717, 1.165) is 28.0 Å². The summed E-state index contributed by atoms with van der Waals surface area (Å²) in [4.78, 5) is 11.0. The van der Waals surface area contributed by atoms with Crippen molar-refractivity contribution >= 4 is 5.91 Å². The molecule has 1 rings (SSSR count). The molecule has 94 valence electrons. The second-order valence-electron chi connectivity index (χ2n) is 4.08. The van der Waals surface area contributed by atoms with Crippen LogP contribution in [0.5, 0.6) is 5.75 Å². The third-order valence-corrected chi connectivity index (χ3v) is 2.93. The van der Waals surface area contributed by atoms with Crippen molar-refractivity contribution in [3.63, 3.8) is 0 Å². The van der Waals surface area contributed by atoms with Crippen LogP contribution in [0, 0.1) is 20.8 Å². The molecule has 4 heteroatoms. The Kier molecular flexibility index (Phi) is 4.52. The van der Waals surface area contributed by atoms with Gasteiger partial charge in [0.1, 0.15) is 12.4 Å². The fraction of sp³-hybridized carbons (Fsp3) is 0.462. The Balaban J connectivity index is 3.05. The van der Waals surface area contributed by atoms with E-state index in [1.54, 1.807) is 7.11 Å². The van der Waals surface area contributed by atoms with E-state index in [4.69, 9.17) is 9.84 Å². The van der Waals surface area contributed by atoms with Gasteiger partial charge < -0.3 is 15.2 Å². The first kappa shape index (κ1) is 13.5. The molecule has 0 aliphatic heterocycles. The molecule has 0 bridgehead atoms. The minimum atomic E-state index is -0.494. The molecule has 1 aromatic carbocycles. The van der Waals surface area contributed by atoms with Gasteiger partial charge in [-0.25, -0.2) is 0 Å². The van der Waals surface area contributed by atoms with Gasteiger partial charge in [-0.1, -0.05) is 6.07 Å². The topological polar surface area (TPSA) is 58.6 Å². The van der Waals surface area contributed by atoms with Crippen molar-refractivity contribution in [3.8, 4) is 5.75 Å². The maximum absolute atomic E-state index is 11.0. The normalized spacial score (nSPS) is 10.2. The summed E-state index contributed by atoms with van der Waals surface area (Å²) in [6.07, 6.45) is 0. The smallest absolute Gasteiger partial charge is 0.245 e. The van der Waals surface area contributed by atoms with Crippen LogP contribution >= 0.6 is 0 Å². The molecule has 4 nitrogen and oxygen atoms in total. The number of hydrogen-bond acceptors (Lipinski definition) is 3. The van der Waals surface area contributed by atoms with Crippen molar-refractivity contribution < 1.29 is 14.6 Å². The average molecular weight is 237 g/mol. The van der Waals surface area contributed by atoms with Gasteiger partial charge in [-0.2, -0.15) is 0 Å². The van der Waals surface area contributed by atoms with Crippen LogP contribution in [-0.2, 0) is 11.3 Å². The molecule has 1 amide bonds. The van der Waals surface area contributed by atoms with E-state index in [0.29, 0.717) is 6.54 Å². The number of benzene rings is 1. The predicted molar refractivity (Wildman–Crippen MR) is 66.1 cm³/mol. The van der Waals surface area contributed by atoms with Crippen LogP contribution in [-0.4, -0.2) is 24.7 Å². The van der Waals surface area contributed by atoms with E-state index in [9.17, 15) is 4.79 Å². The lowest BCUT2D eigenvalue weighted by Gasteiger charge is -2.16. The number of amides is 1. The summed E-state index contributed by atoms with van der Waals surface area (Å²) in [5.74, 6) is 0.422. The number of carbonyl (C=O) groups is 1. The van der Waals surface area contributed by atoms with Crippen LogP contribution in [0.1, 0.15) is 22.3 Å². The highest BCUT2D eigenvalue weighted by Gasteiger charge is 2.12. The summed E-state index contributed by atoms with van der Waals surface area (Å²) >= 11 is 0. The molecule has 1 aromatic rings. The van der Waals surface area contributed by atoms with Gasteiger partial charge in [0, 0.05) is 12.1 Å². The number of nitrogens with one attached hydrogen (secondary N) is 1. The van der Waals surface area contributed by atoms with E-state index in [-0.39, 0.29) is 5.91 Å². The first-order valence-corrected chi connectivity index (χ1v) is 5.52. The van der Waals surface area contributed by atoms with Crippen molar-refractivity contribution in [2.45, 2.75) is 27.3 Å². The van der Waals surface area contributed by atoms with Crippen molar-refractivity contribution in [1.82, 2.24) is 5.32 Å². The second kappa shape index (κ2) is 5.68. The quantitative estimate of drug-likeness (QED) is 0.828. The summed E-state index contributed by atoms with van der Waals surface area (Å²) in [6, 6.07) is 2.07. The molecule has 0 spiro atoms. The van der Waals surface area contributed by atoms with Gasteiger partial charge in [0.2, 0.25) is 5.91 Å². The van der Waals surface area contributed by atoms with Crippen molar-refractivity contribution in [2.24, 2.45) is 0 Å². The number of aryl methyl sites for hydroxylation is 2. The van der Waals surface area contributed by atoms with Gasteiger partial charge in [0.05, 0.1) is 7.11 Å². The SMILES string of the molecule is COc1c(C)c(C)cc(C)c1CNC(=O)CO. The summed E-state index contributed by atoms with van der Waals surface area (Å²) in [7, 11) is 1.62. The van der Waals surface area contributed by atoms with Gasteiger partial charge in [0.15, 0.2) is 0 Å². The lowest BCUT2D eigenvalue weighted by atomic mass is 9.99. The van der Waals surface area contributed by atoms with E-state index < -0.39 is 6.61 Å². The zero-order valence-electron chi connectivity index (χ0n) is 10.8. The third-order valence-electron chi connectivity index (χ3n) is 2.93. The standard InChI is InChI=1S/C13H19NO3/c1-8-5-9(2)11(6-14-12(16)7-15)13(17-4)10(8)3/h5,15H,6-7H2,1-4H3,(H,14,16). The number of carbonyl (C=O) groups excluding carboxylic acids is 1. The molecule has 0 heterocycles. The highest BCUT2D eigenvalue weighted by atomic mass is 16.5. The molecule has 0 saturated heterocycles. The van der Waals surface area contributed by atoms with Crippen molar-refractivity contribution in [2.75, 3.05) is 13.7 Å². The van der Waals surface area contributed by atoms with Crippen LogP contribution < -0.4 is 10.1 Å². The fourth-order valence-electron chi connectivity index (χ4n) is 1.84. The van der Waals surface area contributed by atoms with Gasteiger partial charge in [-0.05, 0) is 37.5 Å². The minimum Gasteiger partial charge on any atom is -0.496 e. The first-order chi connectivity index (χ1) is 8.01. The maximum atomic E-state index is 11.0. The van der Waals surface area contributed by atoms with Crippen LogP contribution in [0.15, 0.2) is 6.07 Å². The largest absolute Gasteiger partial charge is 0.496 e. The molecule has 0 radical (unpaired) electrons. The highest BCUT2D eigenvalue weighted by molar-refractivity contribution is 5.77. The maximum Gasteiger partial charge on any atom is 0.245 e. The summed E-state index contributed by atoms with van der Waals surface area (Å²) in [5, 5.41) is 11.3. The highest BCUT2D eigenvalue weighted by Crippen LogP contribution is 2.29. The van der Waals surface area contributed by atoms with Crippen LogP contribution in [0.2, 0.25) is 0 Å². The molecule has 0 aliphatic rings. The summed E-state index contributed by atoms with van der Waals surface area (Å²) < 4.78 is 5.39. The molecular formula is C13H19NO3. The molecule has 0 unspecified atom stereocenters.